The third-order valence-corrected chi connectivity index (χ3v) is 9.25. The fraction of sp³-hybridized carbons (Fsp3) is 0.379. The zero-order valence-electron chi connectivity index (χ0n) is 21.4. The number of hydrogen-bond acceptors (Lipinski definition) is 4. The van der Waals surface area contributed by atoms with Crippen molar-refractivity contribution in [1.82, 2.24) is 4.31 Å². The summed E-state index contributed by atoms with van der Waals surface area (Å²) in [5.74, 6) is -0.852. The number of aliphatic hydroxyl groups excluding tert-OH is 1. The molecule has 3 aromatic rings. The molecule has 3 aromatic carbocycles. The number of aliphatic hydroxyl groups is 1. The van der Waals surface area contributed by atoms with E-state index in [0.717, 1.165) is 16.7 Å². The molecule has 1 aliphatic heterocycles. The molecule has 198 valence electrons. The van der Waals surface area contributed by atoms with Crippen LogP contribution in [0.3, 0.4) is 0 Å². The van der Waals surface area contributed by atoms with Crippen molar-refractivity contribution in [2.75, 3.05) is 13.1 Å². The highest BCUT2D eigenvalue weighted by atomic mass is 35.5. The molecule has 0 radical (unpaired) electrons. The fourth-order valence-corrected chi connectivity index (χ4v) is 6.79. The summed E-state index contributed by atoms with van der Waals surface area (Å²) >= 11 is 12.6. The molecule has 1 saturated heterocycles. The Morgan fingerprint density at radius 2 is 1.59 bits per heavy atom. The van der Waals surface area contributed by atoms with E-state index in [9.17, 15) is 13.5 Å². The Balaban J connectivity index is 1.83. The van der Waals surface area contributed by atoms with Gasteiger partial charge >= 0.3 is 0 Å². The normalized spacial score (nSPS) is 22.1. The number of hydrogen-bond donors (Lipinski definition) is 1. The second-order valence-electron chi connectivity index (χ2n) is 10.6. The van der Waals surface area contributed by atoms with Crippen LogP contribution in [-0.4, -0.2) is 42.6 Å². The molecule has 1 aliphatic rings. The van der Waals surface area contributed by atoms with Crippen molar-refractivity contribution in [1.29, 1.82) is 0 Å². The molecular weight excluding hydrogens is 529 g/mol. The molecule has 1 heterocycles. The number of aryl methyl sites for hydroxylation is 1. The van der Waals surface area contributed by atoms with Crippen molar-refractivity contribution in [3.05, 3.63) is 99.5 Å². The van der Waals surface area contributed by atoms with Gasteiger partial charge in [0.1, 0.15) is 0 Å². The standard InChI is InChI=1S/C29H33Cl2NO4S/c1-19-10-13-22(14-11-19)37(34,35)32-17-23(28(36-29(2,3)4)20-8-6-5-7-9-20)27(26(33)18-32)21-12-15-24(30)25(31)16-21/h5-16,23,26-28,33H,17-18H2,1-4H3/t23?,26-,27-,28+/m0/s1. The number of halogens is 2. The van der Waals surface area contributed by atoms with Crippen LogP contribution in [-0.2, 0) is 14.8 Å². The van der Waals surface area contributed by atoms with Crippen molar-refractivity contribution in [3.8, 4) is 0 Å². The molecule has 37 heavy (non-hydrogen) atoms. The lowest BCUT2D eigenvalue weighted by Crippen LogP contribution is -2.52. The zero-order chi connectivity index (χ0) is 27.0. The molecule has 1 fully saturated rings. The summed E-state index contributed by atoms with van der Waals surface area (Å²) in [6, 6.07) is 21.8. The van der Waals surface area contributed by atoms with Crippen molar-refractivity contribution in [3.63, 3.8) is 0 Å². The highest BCUT2D eigenvalue weighted by Gasteiger charge is 2.46. The minimum Gasteiger partial charge on any atom is -0.391 e. The first-order chi connectivity index (χ1) is 17.4. The number of rotatable bonds is 6. The van der Waals surface area contributed by atoms with Gasteiger partial charge in [0, 0.05) is 24.9 Å². The van der Waals surface area contributed by atoms with Crippen molar-refractivity contribution in [2.45, 2.75) is 56.3 Å². The molecule has 0 spiro atoms. The van der Waals surface area contributed by atoms with Gasteiger partial charge in [-0.15, -0.1) is 0 Å². The third-order valence-electron chi connectivity index (χ3n) is 6.67. The van der Waals surface area contributed by atoms with E-state index in [1.165, 1.54) is 4.31 Å². The largest absolute Gasteiger partial charge is 0.391 e. The van der Waals surface area contributed by atoms with Crippen LogP contribution in [0, 0.1) is 12.8 Å². The van der Waals surface area contributed by atoms with Crippen molar-refractivity contribution >= 4 is 33.2 Å². The molecule has 0 aliphatic carbocycles. The first-order valence-corrected chi connectivity index (χ1v) is 14.5. The lowest BCUT2D eigenvalue weighted by atomic mass is 9.74. The van der Waals surface area contributed by atoms with E-state index in [4.69, 9.17) is 27.9 Å². The van der Waals surface area contributed by atoms with Gasteiger partial charge in [0.05, 0.1) is 32.7 Å². The van der Waals surface area contributed by atoms with E-state index in [0.29, 0.717) is 10.0 Å². The van der Waals surface area contributed by atoms with Crippen LogP contribution in [0.2, 0.25) is 10.0 Å². The lowest BCUT2D eigenvalue weighted by molar-refractivity contribution is -0.112. The summed E-state index contributed by atoms with van der Waals surface area (Å²) in [5.41, 5.74) is 2.15. The first-order valence-electron chi connectivity index (χ1n) is 12.3. The van der Waals surface area contributed by atoms with E-state index >= 15 is 0 Å². The summed E-state index contributed by atoms with van der Waals surface area (Å²) in [6.45, 7) is 7.93. The van der Waals surface area contributed by atoms with Gasteiger partial charge < -0.3 is 9.84 Å². The number of piperidine rings is 1. The maximum Gasteiger partial charge on any atom is 0.243 e. The Kier molecular flexibility index (Phi) is 8.39. The van der Waals surface area contributed by atoms with E-state index in [1.54, 1.807) is 36.4 Å². The van der Waals surface area contributed by atoms with Crippen molar-refractivity contribution in [2.24, 2.45) is 5.92 Å². The quantitative estimate of drug-likeness (QED) is 0.367. The molecule has 5 nitrogen and oxygen atoms in total. The van der Waals surface area contributed by atoms with Crippen LogP contribution in [0.5, 0.6) is 0 Å². The van der Waals surface area contributed by atoms with Gasteiger partial charge in [-0.3, -0.25) is 0 Å². The smallest absolute Gasteiger partial charge is 0.243 e. The van der Waals surface area contributed by atoms with Gasteiger partial charge in [0.15, 0.2) is 0 Å². The Labute approximate surface area is 230 Å². The highest BCUT2D eigenvalue weighted by molar-refractivity contribution is 7.89. The van der Waals surface area contributed by atoms with Crippen molar-refractivity contribution < 1.29 is 18.3 Å². The fourth-order valence-electron chi connectivity index (χ4n) is 4.99. The Bertz CT molecular complexity index is 1320. The molecule has 8 heteroatoms. The van der Waals surface area contributed by atoms with E-state index in [2.05, 4.69) is 0 Å². The predicted octanol–water partition coefficient (Wildman–Crippen LogP) is 6.62. The number of ether oxygens (including phenoxy) is 1. The molecule has 0 aromatic heterocycles. The average Bonchev–Trinajstić information content (AvgIpc) is 2.84. The number of nitrogens with zero attached hydrogens (tertiary/aromatic N) is 1. The van der Waals surface area contributed by atoms with Gasteiger partial charge in [0.25, 0.3) is 0 Å². The van der Waals surface area contributed by atoms with Crippen LogP contribution in [0.15, 0.2) is 77.7 Å². The number of sulfonamides is 1. The van der Waals surface area contributed by atoms with Crippen LogP contribution in [0.1, 0.15) is 49.5 Å². The van der Waals surface area contributed by atoms with Crippen LogP contribution in [0.25, 0.3) is 0 Å². The summed E-state index contributed by atoms with van der Waals surface area (Å²) in [5, 5.41) is 12.3. The Morgan fingerprint density at radius 1 is 0.946 bits per heavy atom. The van der Waals surface area contributed by atoms with E-state index < -0.39 is 39.7 Å². The summed E-state index contributed by atoms with van der Waals surface area (Å²) in [6.07, 6.45) is -1.49. The SMILES string of the molecule is Cc1ccc(S(=O)(=O)N2CC([C@H](OC(C)(C)C)c3ccccc3)[C@H](c3ccc(Cl)c(Cl)c3)[C@@H](O)C2)cc1. The predicted molar refractivity (Wildman–Crippen MR) is 149 cm³/mol. The maximum absolute atomic E-state index is 13.7. The highest BCUT2D eigenvalue weighted by Crippen LogP contribution is 2.45. The third kappa shape index (κ3) is 6.39. The van der Waals surface area contributed by atoms with Gasteiger partial charge in [-0.1, -0.05) is 77.3 Å². The molecule has 0 amide bonds. The first kappa shape index (κ1) is 28.1. The van der Waals surface area contributed by atoms with E-state index in [1.807, 2.05) is 64.1 Å². The molecule has 4 rings (SSSR count). The molecule has 4 atom stereocenters. The van der Waals surface area contributed by atoms with Crippen LogP contribution >= 0.6 is 23.2 Å². The molecule has 0 saturated carbocycles. The van der Waals surface area contributed by atoms with Gasteiger partial charge in [-0.25, -0.2) is 8.42 Å². The average molecular weight is 563 g/mol. The van der Waals surface area contributed by atoms with Gasteiger partial charge in [-0.2, -0.15) is 4.31 Å². The minimum atomic E-state index is -3.85. The van der Waals surface area contributed by atoms with Crippen LogP contribution in [0.4, 0.5) is 0 Å². The lowest BCUT2D eigenvalue weighted by Gasteiger charge is -2.46. The van der Waals surface area contributed by atoms with Crippen LogP contribution < -0.4 is 0 Å². The number of benzene rings is 3. The Morgan fingerprint density at radius 3 is 2.19 bits per heavy atom. The minimum absolute atomic E-state index is 0.0470. The maximum atomic E-state index is 13.7. The van der Waals surface area contributed by atoms with Gasteiger partial charge in [0.2, 0.25) is 10.0 Å². The second kappa shape index (κ2) is 11.0. The second-order valence-corrected chi connectivity index (χ2v) is 13.4. The molecule has 0 bridgehead atoms. The molecule has 1 unspecified atom stereocenters. The number of β-amino-alcohol motifs (C(OH)–C–C–N with tert-alkyl or cyclic N) is 1. The summed E-state index contributed by atoms with van der Waals surface area (Å²) in [4.78, 5) is 0.199. The summed E-state index contributed by atoms with van der Waals surface area (Å²) in [7, 11) is -3.85. The molecular formula is C29H33Cl2NO4S. The summed E-state index contributed by atoms with van der Waals surface area (Å²) < 4.78 is 35.4. The van der Waals surface area contributed by atoms with Gasteiger partial charge in [-0.05, 0) is 63.1 Å². The molecule has 1 N–H and O–H groups in total. The topological polar surface area (TPSA) is 66.8 Å². The Hall–Kier alpha value is -1.93. The monoisotopic (exact) mass is 561 g/mol. The zero-order valence-corrected chi connectivity index (χ0v) is 23.8. The van der Waals surface area contributed by atoms with E-state index in [-0.39, 0.29) is 18.0 Å².